The molecule has 0 fully saturated rings. The highest BCUT2D eigenvalue weighted by Crippen LogP contribution is 2.25. The van der Waals surface area contributed by atoms with Crippen molar-refractivity contribution in [1.29, 1.82) is 0 Å². The van der Waals surface area contributed by atoms with E-state index in [2.05, 4.69) is 18.4 Å². The van der Waals surface area contributed by atoms with Crippen molar-refractivity contribution in [1.82, 2.24) is 9.55 Å². The van der Waals surface area contributed by atoms with Crippen molar-refractivity contribution < 1.29 is 4.92 Å². The number of aromatic nitrogens is 2. The van der Waals surface area contributed by atoms with Crippen molar-refractivity contribution >= 4 is 16.7 Å². The Kier molecular flexibility index (Phi) is 4.81. The van der Waals surface area contributed by atoms with Gasteiger partial charge >= 0.3 is 0 Å². The van der Waals surface area contributed by atoms with Gasteiger partial charge in [-0.3, -0.25) is 10.1 Å². The number of hydrogen-bond acceptors (Lipinski definition) is 4. The standard InChI is InChI=1S/C19H22N4O2/c1-13(2)11-16(20)19-21-17-5-3-4-6-18(17)22(19)12-14-7-9-15(10-8-14)23(24)25/h3-10,13,16H,11-12,20H2,1-2H3. The van der Waals surface area contributed by atoms with Gasteiger partial charge in [0, 0.05) is 18.7 Å². The van der Waals surface area contributed by atoms with Crippen LogP contribution in [0.2, 0.25) is 0 Å². The molecule has 25 heavy (non-hydrogen) atoms. The summed E-state index contributed by atoms with van der Waals surface area (Å²) >= 11 is 0. The zero-order chi connectivity index (χ0) is 18.0. The molecule has 1 aromatic heterocycles. The summed E-state index contributed by atoms with van der Waals surface area (Å²) in [5.74, 6) is 1.33. The van der Waals surface area contributed by atoms with Gasteiger partial charge in [-0.05, 0) is 30.0 Å². The maximum Gasteiger partial charge on any atom is 0.269 e. The molecule has 1 heterocycles. The van der Waals surface area contributed by atoms with E-state index < -0.39 is 0 Å². The lowest BCUT2D eigenvalue weighted by molar-refractivity contribution is -0.384. The lowest BCUT2D eigenvalue weighted by Crippen LogP contribution is -2.19. The van der Waals surface area contributed by atoms with E-state index >= 15 is 0 Å². The molecule has 6 nitrogen and oxygen atoms in total. The van der Waals surface area contributed by atoms with Gasteiger partial charge in [-0.15, -0.1) is 0 Å². The number of nitro groups is 1. The molecule has 2 aromatic carbocycles. The molecule has 0 spiro atoms. The van der Waals surface area contributed by atoms with Gasteiger partial charge in [-0.2, -0.15) is 0 Å². The van der Waals surface area contributed by atoms with Crippen LogP contribution in [0, 0.1) is 16.0 Å². The van der Waals surface area contributed by atoms with Gasteiger partial charge in [0.2, 0.25) is 0 Å². The van der Waals surface area contributed by atoms with E-state index in [1.165, 1.54) is 12.1 Å². The van der Waals surface area contributed by atoms with Crippen molar-refractivity contribution in [2.45, 2.75) is 32.9 Å². The third-order valence-electron chi connectivity index (χ3n) is 4.23. The lowest BCUT2D eigenvalue weighted by atomic mass is 10.0. The Morgan fingerprint density at radius 2 is 1.84 bits per heavy atom. The molecule has 0 radical (unpaired) electrons. The number of para-hydroxylation sites is 2. The Balaban J connectivity index is 1.99. The predicted octanol–water partition coefficient (Wildman–Crippen LogP) is 4.04. The highest BCUT2D eigenvalue weighted by molar-refractivity contribution is 5.76. The molecule has 3 rings (SSSR count). The molecule has 1 atom stereocenters. The molecule has 1 unspecified atom stereocenters. The quantitative estimate of drug-likeness (QED) is 0.543. The molecule has 0 saturated heterocycles. The van der Waals surface area contributed by atoms with Crippen LogP contribution in [-0.2, 0) is 6.54 Å². The van der Waals surface area contributed by atoms with Crippen molar-refractivity contribution in [3.8, 4) is 0 Å². The first-order chi connectivity index (χ1) is 12.0. The molecular formula is C19H22N4O2. The predicted molar refractivity (Wildman–Crippen MR) is 98.3 cm³/mol. The molecule has 0 saturated carbocycles. The van der Waals surface area contributed by atoms with Gasteiger partial charge in [0.1, 0.15) is 5.82 Å². The van der Waals surface area contributed by atoms with Crippen LogP contribution in [0.4, 0.5) is 5.69 Å². The average molecular weight is 338 g/mol. The van der Waals surface area contributed by atoms with Crippen LogP contribution < -0.4 is 5.73 Å². The first-order valence-electron chi connectivity index (χ1n) is 8.39. The topological polar surface area (TPSA) is 87.0 Å². The van der Waals surface area contributed by atoms with Gasteiger partial charge < -0.3 is 10.3 Å². The maximum atomic E-state index is 10.8. The Morgan fingerprint density at radius 1 is 1.16 bits per heavy atom. The van der Waals surface area contributed by atoms with E-state index in [0.29, 0.717) is 12.5 Å². The molecule has 0 aliphatic carbocycles. The van der Waals surface area contributed by atoms with Crippen molar-refractivity contribution in [3.63, 3.8) is 0 Å². The molecule has 0 aliphatic rings. The first-order valence-corrected chi connectivity index (χ1v) is 8.39. The van der Waals surface area contributed by atoms with Crippen molar-refractivity contribution in [3.05, 3.63) is 70.0 Å². The average Bonchev–Trinajstić information content (AvgIpc) is 2.94. The zero-order valence-corrected chi connectivity index (χ0v) is 14.4. The van der Waals surface area contributed by atoms with Gasteiger partial charge in [0.25, 0.3) is 5.69 Å². The summed E-state index contributed by atoms with van der Waals surface area (Å²) in [5, 5.41) is 10.8. The fourth-order valence-electron chi connectivity index (χ4n) is 3.06. The van der Waals surface area contributed by atoms with Gasteiger partial charge in [0.15, 0.2) is 0 Å². The summed E-state index contributed by atoms with van der Waals surface area (Å²) in [5.41, 5.74) is 9.42. The first kappa shape index (κ1) is 17.1. The minimum atomic E-state index is -0.389. The number of benzene rings is 2. The molecule has 0 bridgehead atoms. The fourth-order valence-corrected chi connectivity index (χ4v) is 3.06. The van der Waals surface area contributed by atoms with Crippen LogP contribution >= 0.6 is 0 Å². The number of fused-ring (bicyclic) bond motifs is 1. The van der Waals surface area contributed by atoms with E-state index in [4.69, 9.17) is 10.7 Å². The molecule has 2 N–H and O–H groups in total. The minimum absolute atomic E-state index is 0.0935. The second-order valence-corrected chi connectivity index (χ2v) is 6.70. The van der Waals surface area contributed by atoms with Crippen LogP contribution in [0.15, 0.2) is 48.5 Å². The number of nitro benzene ring substituents is 1. The maximum absolute atomic E-state index is 10.8. The summed E-state index contributed by atoms with van der Waals surface area (Å²) in [7, 11) is 0. The number of nitrogens with two attached hydrogens (primary N) is 1. The number of imidazole rings is 1. The third-order valence-corrected chi connectivity index (χ3v) is 4.23. The smallest absolute Gasteiger partial charge is 0.269 e. The minimum Gasteiger partial charge on any atom is -0.322 e. The summed E-state index contributed by atoms with van der Waals surface area (Å²) in [6.45, 7) is 4.87. The third kappa shape index (κ3) is 3.69. The second kappa shape index (κ2) is 7.03. The normalized spacial score (nSPS) is 12.6. The highest BCUT2D eigenvalue weighted by atomic mass is 16.6. The molecular weight excluding hydrogens is 316 g/mol. The number of rotatable bonds is 6. The highest BCUT2D eigenvalue weighted by Gasteiger charge is 2.18. The van der Waals surface area contributed by atoms with Crippen molar-refractivity contribution in [2.24, 2.45) is 11.7 Å². The van der Waals surface area contributed by atoms with Crippen LogP contribution in [0.25, 0.3) is 11.0 Å². The van der Waals surface area contributed by atoms with Crippen LogP contribution in [0.3, 0.4) is 0 Å². The summed E-state index contributed by atoms with van der Waals surface area (Å²) in [4.78, 5) is 15.2. The Hall–Kier alpha value is -2.73. The number of nitrogens with zero attached hydrogens (tertiary/aromatic N) is 3. The van der Waals surface area contributed by atoms with Crippen LogP contribution in [0.1, 0.15) is 37.7 Å². The number of hydrogen-bond donors (Lipinski definition) is 1. The summed E-state index contributed by atoms with van der Waals surface area (Å²) in [6, 6.07) is 14.4. The monoisotopic (exact) mass is 338 g/mol. The van der Waals surface area contributed by atoms with Gasteiger partial charge in [0.05, 0.1) is 22.0 Å². The van der Waals surface area contributed by atoms with Gasteiger partial charge in [-0.1, -0.05) is 38.1 Å². The molecule has 130 valence electrons. The summed E-state index contributed by atoms with van der Waals surface area (Å²) < 4.78 is 2.11. The van der Waals surface area contributed by atoms with E-state index in [1.54, 1.807) is 12.1 Å². The summed E-state index contributed by atoms with van der Waals surface area (Å²) in [6.07, 6.45) is 0.851. The molecule has 0 amide bonds. The second-order valence-electron chi connectivity index (χ2n) is 6.70. The fraction of sp³-hybridized carbons (Fsp3) is 0.316. The van der Waals surface area contributed by atoms with E-state index in [9.17, 15) is 10.1 Å². The Bertz CT molecular complexity index is 884. The van der Waals surface area contributed by atoms with Crippen molar-refractivity contribution in [2.75, 3.05) is 0 Å². The van der Waals surface area contributed by atoms with Gasteiger partial charge in [-0.25, -0.2) is 4.98 Å². The van der Waals surface area contributed by atoms with E-state index in [0.717, 1.165) is 28.8 Å². The van der Waals surface area contributed by atoms with Crippen LogP contribution in [0.5, 0.6) is 0 Å². The molecule has 0 aliphatic heterocycles. The largest absolute Gasteiger partial charge is 0.322 e. The van der Waals surface area contributed by atoms with E-state index in [1.807, 2.05) is 24.3 Å². The van der Waals surface area contributed by atoms with E-state index in [-0.39, 0.29) is 16.7 Å². The van der Waals surface area contributed by atoms with Crippen LogP contribution in [-0.4, -0.2) is 14.5 Å². The lowest BCUT2D eigenvalue weighted by Gasteiger charge is -2.16. The molecule has 6 heteroatoms. The zero-order valence-electron chi connectivity index (χ0n) is 14.4. The Morgan fingerprint density at radius 3 is 2.48 bits per heavy atom. The molecule has 3 aromatic rings. The Labute approximate surface area is 146 Å². The SMILES string of the molecule is CC(C)CC(N)c1nc2ccccc2n1Cc1ccc([N+](=O)[O-])cc1. The number of non-ortho nitro benzene ring substituents is 1.